The van der Waals surface area contributed by atoms with Crippen LogP contribution >= 0.6 is 11.5 Å². The molecule has 1 N–H and O–H groups in total. The number of aromatic amines is 1. The lowest BCUT2D eigenvalue weighted by atomic mass is 10.1. The van der Waals surface area contributed by atoms with Crippen molar-refractivity contribution in [1.29, 1.82) is 0 Å². The van der Waals surface area contributed by atoms with E-state index in [9.17, 15) is 0 Å². The van der Waals surface area contributed by atoms with Crippen molar-refractivity contribution in [3.63, 3.8) is 0 Å². The van der Waals surface area contributed by atoms with Crippen molar-refractivity contribution in [3.8, 4) is 0 Å². The summed E-state index contributed by atoms with van der Waals surface area (Å²) in [7, 11) is 0. The number of aromatic nitrogens is 1. The molecular weight excluding hydrogens is 190 g/mol. The van der Waals surface area contributed by atoms with Crippen LogP contribution in [0, 0.1) is 0 Å². The molecule has 2 heteroatoms. The third kappa shape index (κ3) is 1.80. The molecular formula is C12H13NS. The highest BCUT2D eigenvalue weighted by molar-refractivity contribution is 7.04. The van der Waals surface area contributed by atoms with Gasteiger partial charge in [0.15, 0.2) is 0 Å². The monoisotopic (exact) mass is 203 g/mol. The van der Waals surface area contributed by atoms with E-state index in [0.717, 1.165) is 11.8 Å². The van der Waals surface area contributed by atoms with Crippen molar-refractivity contribution in [2.75, 3.05) is 0 Å². The first-order valence-electron chi connectivity index (χ1n) is 4.72. The van der Waals surface area contributed by atoms with Gasteiger partial charge < -0.3 is 4.37 Å². The number of hydrogen-bond donors (Lipinski definition) is 1. The Balaban J connectivity index is 2.34. The first kappa shape index (κ1) is 9.28. The van der Waals surface area contributed by atoms with Crippen molar-refractivity contribution in [1.82, 2.24) is 4.37 Å². The van der Waals surface area contributed by atoms with E-state index in [0.29, 0.717) is 0 Å². The maximum Gasteiger partial charge on any atom is 0.0683 e. The van der Waals surface area contributed by atoms with Crippen LogP contribution in [0.25, 0.3) is 12.7 Å². The molecule has 2 rings (SSSR count). The number of H-pyrrole nitrogens is 1. The van der Waals surface area contributed by atoms with Crippen molar-refractivity contribution in [2.45, 2.75) is 13.3 Å². The van der Waals surface area contributed by atoms with Gasteiger partial charge in [0.1, 0.15) is 0 Å². The summed E-state index contributed by atoms with van der Waals surface area (Å²) in [4.78, 5) is 0. The van der Waals surface area contributed by atoms with Crippen LogP contribution in [-0.4, -0.2) is 4.37 Å². The van der Waals surface area contributed by atoms with Gasteiger partial charge in [-0.15, -0.1) is 0 Å². The average Bonchev–Trinajstić information content (AvgIpc) is 2.24. The molecule has 0 unspecified atom stereocenters. The van der Waals surface area contributed by atoms with Gasteiger partial charge in [0, 0.05) is 0 Å². The molecule has 2 aromatic rings. The van der Waals surface area contributed by atoms with Crippen LogP contribution in [0.2, 0.25) is 0 Å². The quantitative estimate of drug-likeness (QED) is 0.767. The largest absolute Gasteiger partial charge is 0.310 e. The summed E-state index contributed by atoms with van der Waals surface area (Å²) in [5.41, 5.74) is 2.62. The van der Waals surface area contributed by atoms with Crippen molar-refractivity contribution in [3.05, 3.63) is 45.3 Å². The van der Waals surface area contributed by atoms with E-state index < -0.39 is 0 Å². The molecule has 0 atom stereocenters. The van der Waals surface area contributed by atoms with Gasteiger partial charge in [0.2, 0.25) is 0 Å². The fourth-order valence-electron chi connectivity index (χ4n) is 1.30. The van der Waals surface area contributed by atoms with Crippen LogP contribution < -0.4 is 9.88 Å². The SMILES string of the molecule is C=c1[nH]s/c1=C\c1ccc(CC)cc1. The van der Waals surface area contributed by atoms with Crippen LogP contribution in [0.15, 0.2) is 24.3 Å². The molecule has 1 aromatic heterocycles. The molecule has 0 fully saturated rings. The highest BCUT2D eigenvalue weighted by atomic mass is 32.1. The maximum atomic E-state index is 3.87. The van der Waals surface area contributed by atoms with Gasteiger partial charge >= 0.3 is 0 Å². The molecule has 14 heavy (non-hydrogen) atoms. The van der Waals surface area contributed by atoms with E-state index >= 15 is 0 Å². The Labute approximate surface area is 87.6 Å². The van der Waals surface area contributed by atoms with Gasteiger partial charge in [0.25, 0.3) is 0 Å². The Bertz CT molecular complexity index is 501. The van der Waals surface area contributed by atoms with Crippen LogP contribution in [0.3, 0.4) is 0 Å². The van der Waals surface area contributed by atoms with E-state index in [1.54, 1.807) is 11.5 Å². The predicted octanol–water partition coefficient (Wildman–Crippen LogP) is 1.88. The van der Waals surface area contributed by atoms with Gasteiger partial charge in [0.05, 0.1) is 9.88 Å². The fourth-order valence-corrected chi connectivity index (χ4v) is 1.86. The fraction of sp³-hybridized carbons (Fsp3) is 0.167. The summed E-state index contributed by atoms with van der Waals surface area (Å²) >= 11 is 1.63. The summed E-state index contributed by atoms with van der Waals surface area (Å²) in [5.74, 6) is 0. The minimum Gasteiger partial charge on any atom is -0.310 e. The Morgan fingerprint density at radius 1 is 1.36 bits per heavy atom. The third-order valence-corrected chi connectivity index (χ3v) is 3.20. The van der Waals surface area contributed by atoms with Crippen molar-refractivity contribution in [2.24, 2.45) is 0 Å². The van der Waals surface area contributed by atoms with Crippen LogP contribution in [0.1, 0.15) is 18.1 Å². The predicted molar refractivity (Wildman–Crippen MR) is 62.8 cm³/mol. The van der Waals surface area contributed by atoms with Crippen molar-refractivity contribution >= 4 is 24.2 Å². The highest BCUT2D eigenvalue weighted by Crippen LogP contribution is 2.05. The van der Waals surface area contributed by atoms with Gasteiger partial charge in [-0.05, 0) is 23.6 Å². The molecule has 1 heterocycles. The number of benzene rings is 1. The number of nitrogens with one attached hydrogen (secondary N) is 1. The first-order valence-corrected chi connectivity index (χ1v) is 5.54. The summed E-state index contributed by atoms with van der Waals surface area (Å²) in [6.07, 6.45) is 3.25. The lowest BCUT2D eigenvalue weighted by Crippen LogP contribution is -2.29. The second kappa shape index (κ2) is 3.84. The molecule has 0 saturated carbocycles. The Morgan fingerprint density at radius 3 is 2.50 bits per heavy atom. The second-order valence-electron chi connectivity index (χ2n) is 3.29. The normalized spacial score (nSPS) is 12.2. The zero-order valence-electron chi connectivity index (χ0n) is 8.21. The number of hydrogen-bond acceptors (Lipinski definition) is 1. The minimum absolute atomic E-state index is 1.02. The zero-order chi connectivity index (χ0) is 9.97. The van der Waals surface area contributed by atoms with E-state index in [-0.39, 0.29) is 0 Å². The molecule has 0 spiro atoms. The number of aryl methyl sites for hydroxylation is 1. The van der Waals surface area contributed by atoms with Gasteiger partial charge in [-0.3, -0.25) is 0 Å². The molecule has 1 aromatic carbocycles. The minimum atomic E-state index is 1.02. The van der Waals surface area contributed by atoms with E-state index in [2.05, 4.69) is 48.2 Å². The van der Waals surface area contributed by atoms with Crippen molar-refractivity contribution < 1.29 is 0 Å². The van der Waals surface area contributed by atoms with Crippen LogP contribution in [0.4, 0.5) is 0 Å². The molecule has 0 aliphatic heterocycles. The summed E-state index contributed by atoms with van der Waals surface area (Å²) < 4.78 is 4.29. The molecule has 0 bridgehead atoms. The van der Waals surface area contributed by atoms with Crippen LogP contribution in [0.5, 0.6) is 0 Å². The van der Waals surface area contributed by atoms with Gasteiger partial charge in [-0.25, -0.2) is 0 Å². The van der Waals surface area contributed by atoms with E-state index in [1.165, 1.54) is 15.7 Å². The summed E-state index contributed by atoms with van der Waals surface area (Å²) in [5, 5.41) is 1.02. The molecule has 1 nitrogen and oxygen atoms in total. The second-order valence-corrected chi connectivity index (χ2v) is 4.13. The Kier molecular flexibility index (Phi) is 2.55. The molecule has 0 aliphatic carbocycles. The van der Waals surface area contributed by atoms with Gasteiger partial charge in [-0.1, -0.05) is 49.3 Å². The lowest BCUT2D eigenvalue weighted by Gasteiger charge is -1.98. The topological polar surface area (TPSA) is 15.8 Å². The molecule has 0 saturated heterocycles. The summed E-state index contributed by atoms with van der Waals surface area (Å²) in [6.45, 7) is 6.04. The molecule has 0 radical (unpaired) electrons. The Hall–Kier alpha value is -1.28. The molecule has 72 valence electrons. The van der Waals surface area contributed by atoms with E-state index in [4.69, 9.17) is 0 Å². The Morgan fingerprint density at radius 2 is 2.07 bits per heavy atom. The highest BCUT2D eigenvalue weighted by Gasteiger charge is 1.91. The van der Waals surface area contributed by atoms with Crippen LogP contribution in [-0.2, 0) is 6.42 Å². The summed E-state index contributed by atoms with van der Waals surface area (Å²) in [6, 6.07) is 8.65. The third-order valence-electron chi connectivity index (χ3n) is 2.27. The molecule has 0 amide bonds. The smallest absolute Gasteiger partial charge is 0.0683 e. The molecule has 0 aliphatic rings. The number of rotatable bonds is 2. The van der Waals surface area contributed by atoms with Gasteiger partial charge in [-0.2, -0.15) is 0 Å². The standard InChI is InChI=1S/C12H13NS/c1-3-10-4-6-11(7-5-10)8-12-9(2)13-14-12/h4-8,13H,2-3H2,1H3/b12-8-. The first-order chi connectivity index (χ1) is 6.79. The van der Waals surface area contributed by atoms with E-state index in [1.807, 2.05) is 0 Å². The zero-order valence-corrected chi connectivity index (χ0v) is 9.03. The maximum absolute atomic E-state index is 3.87. The lowest BCUT2D eigenvalue weighted by molar-refractivity contribution is 1.14. The average molecular weight is 203 g/mol.